The number of carbonyl (C=O) groups excluding carboxylic acids is 1. The largest absolute Gasteiger partial charge is 0.393 e. The topological polar surface area (TPSA) is 94.2 Å². The van der Waals surface area contributed by atoms with Gasteiger partial charge in [0.1, 0.15) is 0 Å². The molecule has 1 aliphatic carbocycles. The summed E-state index contributed by atoms with van der Waals surface area (Å²) in [4.78, 5) is 28.0. The molecule has 168 valence electrons. The Kier molecular flexibility index (Phi) is 7.12. The van der Waals surface area contributed by atoms with E-state index >= 15 is 0 Å². The van der Waals surface area contributed by atoms with E-state index in [2.05, 4.69) is 22.5 Å². The van der Waals surface area contributed by atoms with E-state index in [0.29, 0.717) is 16.1 Å². The smallest absolute Gasteiger partial charge is 0.253 e. The number of carbonyl (C=O) groups is 1. The summed E-state index contributed by atoms with van der Waals surface area (Å²) >= 11 is 6.37. The molecule has 0 spiro atoms. The number of H-pyrrole nitrogens is 1. The average molecular weight is 446 g/mol. The van der Waals surface area contributed by atoms with E-state index in [1.54, 1.807) is 6.07 Å². The Labute approximate surface area is 188 Å². The SMILES string of the molecule is CCC1(Nc2cc(Cl)cc(C(=O)NCc3c(C)cc(C)[nH]c3=O)c2C)CCC(O)CC1. The van der Waals surface area contributed by atoms with Gasteiger partial charge in [0.25, 0.3) is 11.5 Å². The molecule has 4 N–H and O–H groups in total. The van der Waals surface area contributed by atoms with E-state index < -0.39 is 0 Å². The van der Waals surface area contributed by atoms with Crippen molar-refractivity contribution in [2.75, 3.05) is 5.32 Å². The molecule has 0 atom stereocenters. The third-order valence-corrected chi connectivity index (χ3v) is 6.74. The van der Waals surface area contributed by atoms with Gasteiger partial charge in [-0.2, -0.15) is 0 Å². The number of aliphatic hydroxyl groups is 1. The van der Waals surface area contributed by atoms with E-state index in [-0.39, 0.29) is 29.7 Å². The Hall–Kier alpha value is -2.31. The van der Waals surface area contributed by atoms with Crippen LogP contribution in [0.5, 0.6) is 0 Å². The molecule has 0 saturated heterocycles. The lowest BCUT2D eigenvalue weighted by molar-refractivity contribution is 0.0950. The van der Waals surface area contributed by atoms with Crippen molar-refractivity contribution in [3.63, 3.8) is 0 Å². The van der Waals surface area contributed by atoms with Gasteiger partial charge in [0.05, 0.1) is 6.10 Å². The van der Waals surface area contributed by atoms with Crippen LogP contribution in [0.2, 0.25) is 5.02 Å². The van der Waals surface area contributed by atoms with Crippen molar-refractivity contribution in [2.24, 2.45) is 0 Å². The maximum atomic E-state index is 13.0. The predicted octanol–water partition coefficient (Wildman–Crippen LogP) is 4.38. The zero-order valence-electron chi connectivity index (χ0n) is 18.7. The molecule has 0 unspecified atom stereocenters. The van der Waals surface area contributed by atoms with Gasteiger partial charge < -0.3 is 20.7 Å². The molecule has 7 heteroatoms. The standard InChI is InChI=1S/C24H32ClN3O3/c1-5-24(8-6-18(29)7-9-24)28-21-12-17(25)11-19(16(21)4)22(30)26-13-20-14(2)10-15(3)27-23(20)31/h10-12,18,28-29H,5-9,13H2,1-4H3,(H,26,30)(H,27,31). The van der Waals surface area contributed by atoms with Crippen LogP contribution in [-0.4, -0.2) is 27.6 Å². The third-order valence-electron chi connectivity index (χ3n) is 6.53. The number of aryl methyl sites for hydroxylation is 2. The minimum atomic E-state index is -0.271. The number of aromatic nitrogens is 1. The normalized spacial score (nSPS) is 21.0. The fraction of sp³-hybridized carbons (Fsp3) is 0.500. The number of rotatable bonds is 6. The lowest BCUT2D eigenvalue weighted by Gasteiger charge is -2.40. The van der Waals surface area contributed by atoms with Crippen molar-refractivity contribution >= 4 is 23.2 Å². The van der Waals surface area contributed by atoms with E-state index in [1.807, 2.05) is 32.9 Å². The Bertz CT molecular complexity index is 1020. The van der Waals surface area contributed by atoms with Crippen molar-refractivity contribution < 1.29 is 9.90 Å². The number of amides is 1. The number of benzene rings is 1. The Morgan fingerprint density at radius 3 is 2.52 bits per heavy atom. The fourth-order valence-electron chi connectivity index (χ4n) is 4.42. The first-order chi connectivity index (χ1) is 14.6. The van der Waals surface area contributed by atoms with Crippen LogP contribution in [-0.2, 0) is 6.54 Å². The molecular weight excluding hydrogens is 414 g/mol. The maximum Gasteiger partial charge on any atom is 0.253 e. The summed E-state index contributed by atoms with van der Waals surface area (Å²) in [5, 5.41) is 16.9. The predicted molar refractivity (Wildman–Crippen MR) is 125 cm³/mol. The van der Waals surface area contributed by atoms with E-state index in [0.717, 1.165) is 54.6 Å². The second kappa shape index (κ2) is 9.45. The zero-order valence-corrected chi connectivity index (χ0v) is 19.4. The lowest BCUT2D eigenvalue weighted by Crippen LogP contribution is -2.42. The van der Waals surface area contributed by atoms with Crippen molar-refractivity contribution in [1.82, 2.24) is 10.3 Å². The first-order valence-electron chi connectivity index (χ1n) is 10.9. The second-order valence-corrected chi connectivity index (χ2v) is 9.18. The maximum absolute atomic E-state index is 13.0. The molecule has 0 radical (unpaired) electrons. The van der Waals surface area contributed by atoms with Gasteiger partial charge >= 0.3 is 0 Å². The van der Waals surface area contributed by atoms with Gasteiger partial charge in [0.2, 0.25) is 0 Å². The average Bonchev–Trinajstić information content (AvgIpc) is 2.71. The van der Waals surface area contributed by atoms with Crippen molar-refractivity contribution in [3.05, 3.63) is 61.5 Å². The quantitative estimate of drug-likeness (QED) is 0.530. The lowest BCUT2D eigenvalue weighted by atomic mass is 9.78. The highest BCUT2D eigenvalue weighted by molar-refractivity contribution is 6.31. The fourth-order valence-corrected chi connectivity index (χ4v) is 4.64. The highest BCUT2D eigenvalue weighted by Gasteiger charge is 2.33. The van der Waals surface area contributed by atoms with Crippen LogP contribution in [0.15, 0.2) is 23.0 Å². The molecule has 3 rings (SSSR count). The first kappa shape index (κ1) is 23.4. The second-order valence-electron chi connectivity index (χ2n) is 8.74. The van der Waals surface area contributed by atoms with Crippen LogP contribution in [0.1, 0.15) is 71.8 Å². The summed E-state index contributed by atoms with van der Waals surface area (Å²) < 4.78 is 0. The number of hydrogen-bond donors (Lipinski definition) is 4. The summed E-state index contributed by atoms with van der Waals surface area (Å²) in [5.74, 6) is -0.271. The number of halogens is 1. The van der Waals surface area contributed by atoms with Crippen LogP contribution < -0.4 is 16.2 Å². The molecule has 1 aromatic heterocycles. The molecule has 2 aromatic rings. The number of anilines is 1. The summed E-state index contributed by atoms with van der Waals surface area (Å²) in [5.41, 5.74) is 4.01. The molecule has 1 amide bonds. The van der Waals surface area contributed by atoms with Crippen LogP contribution in [0.4, 0.5) is 5.69 Å². The number of aliphatic hydroxyl groups excluding tert-OH is 1. The molecule has 0 bridgehead atoms. The summed E-state index contributed by atoms with van der Waals surface area (Å²) in [6.45, 7) is 7.88. The minimum Gasteiger partial charge on any atom is -0.393 e. The zero-order chi connectivity index (χ0) is 22.8. The summed E-state index contributed by atoms with van der Waals surface area (Å²) in [6.07, 6.45) is 3.94. The van der Waals surface area contributed by atoms with Gasteiger partial charge in [0, 0.05) is 39.6 Å². The Balaban J connectivity index is 1.81. The highest BCUT2D eigenvalue weighted by atomic mass is 35.5. The first-order valence-corrected chi connectivity index (χ1v) is 11.3. The van der Waals surface area contributed by atoms with Crippen LogP contribution in [0.25, 0.3) is 0 Å². The summed E-state index contributed by atoms with van der Waals surface area (Å²) in [7, 11) is 0. The van der Waals surface area contributed by atoms with Crippen molar-refractivity contribution in [3.8, 4) is 0 Å². The Morgan fingerprint density at radius 1 is 1.23 bits per heavy atom. The number of aromatic amines is 1. The third kappa shape index (κ3) is 5.31. The van der Waals surface area contributed by atoms with Gasteiger partial charge in [-0.1, -0.05) is 18.5 Å². The highest BCUT2D eigenvalue weighted by Crippen LogP contribution is 2.36. The molecular formula is C24H32ClN3O3. The molecule has 31 heavy (non-hydrogen) atoms. The van der Waals surface area contributed by atoms with E-state index in [9.17, 15) is 14.7 Å². The number of hydrogen-bond acceptors (Lipinski definition) is 4. The van der Waals surface area contributed by atoms with Gasteiger partial charge in [0.15, 0.2) is 0 Å². The molecule has 1 saturated carbocycles. The van der Waals surface area contributed by atoms with Crippen LogP contribution in [0, 0.1) is 20.8 Å². The van der Waals surface area contributed by atoms with Gasteiger partial charge in [-0.25, -0.2) is 0 Å². The van der Waals surface area contributed by atoms with Gasteiger partial charge in [-0.3, -0.25) is 9.59 Å². The minimum absolute atomic E-state index is 0.116. The van der Waals surface area contributed by atoms with Gasteiger partial charge in [-0.15, -0.1) is 0 Å². The molecule has 6 nitrogen and oxygen atoms in total. The molecule has 1 aliphatic rings. The van der Waals surface area contributed by atoms with E-state index in [1.165, 1.54) is 0 Å². The van der Waals surface area contributed by atoms with Crippen molar-refractivity contribution in [2.45, 2.75) is 78.0 Å². The number of nitrogens with one attached hydrogen (secondary N) is 3. The monoisotopic (exact) mass is 445 g/mol. The molecule has 1 aromatic carbocycles. The van der Waals surface area contributed by atoms with Crippen molar-refractivity contribution in [1.29, 1.82) is 0 Å². The van der Waals surface area contributed by atoms with Crippen LogP contribution >= 0.6 is 11.6 Å². The van der Waals surface area contributed by atoms with Gasteiger partial charge in [-0.05, 0) is 82.2 Å². The Morgan fingerprint density at radius 2 is 1.90 bits per heavy atom. The summed E-state index contributed by atoms with van der Waals surface area (Å²) in [6, 6.07) is 5.40. The van der Waals surface area contributed by atoms with E-state index in [4.69, 9.17) is 11.6 Å². The van der Waals surface area contributed by atoms with Crippen LogP contribution in [0.3, 0.4) is 0 Å². The number of pyridine rings is 1. The molecule has 1 fully saturated rings. The molecule has 0 aliphatic heterocycles. The molecule has 1 heterocycles.